The predicted molar refractivity (Wildman–Crippen MR) is 94.0 cm³/mol. The molecule has 1 aliphatic carbocycles. The van der Waals surface area contributed by atoms with Gasteiger partial charge in [-0.3, -0.25) is 9.59 Å². The molecule has 2 aromatic rings. The van der Waals surface area contributed by atoms with Gasteiger partial charge in [-0.15, -0.1) is 0 Å². The molecule has 1 saturated heterocycles. The number of aromatic nitrogens is 1. The highest BCUT2D eigenvalue weighted by molar-refractivity contribution is 7.22. The normalized spacial score (nSPS) is 20.6. The first-order valence-corrected chi connectivity index (χ1v) is 9.19. The van der Waals surface area contributed by atoms with Gasteiger partial charge in [0.25, 0.3) is 0 Å². The first-order valence-electron chi connectivity index (χ1n) is 8.37. The van der Waals surface area contributed by atoms with E-state index in [-0.39, 0.29) is 17.7 Å². The first-order chi connectivity index (χ1) is 11.7. The van der Waals surface area contributed by atoms with Crippen molar-refractivity contribution >= 4 is 38.5 Å². The van der Waals surface area contributed by atoms with E-state index < -0.39 is 0 Å². The van der Waals surface area contributed by atoms with Crippen LogP contribution in [0, 0.1) is 5.92 Å². The van der Waals surface area contributed by atoms with Gasteiger partial charge in [0.1, 0.15) is 0 Å². The summed E-state index contributed by atoms with van der Waals surface area (Å²) in [6.07, 6.45) is 2.53. The van der Waals surface area contributed by atoms with Crippen molar-refractivity contribution in [1.82, 2.24) is 15.2 Å². The molecule has 2 N–H and O–H groups in total. The lowest BCUT2D eigenvalue weighted by Gasteiger charge is -2.15. The molecule has 1 saturated carbocycles. The Kier molecular flexibility index (Phi) is 4.10. The molecule has 1 aliphatic heterocycles. The van der Waals surface area contributed by atoms with Crippen LogP contribution < -0.4 is 10.6 Å². The predicted octanol–water partition coefficient (Wildman–Crippen LogP) is 1.84. The number of amides is 2. The number of benzene rings is 1. The number of carbonyl (C=O) groups is 2. The molecule has 6 nitrogen and oxygen atoms in total. The summed E-state index contributed by atoms with van der Waals surface area (Å²) in [4.78, 5) is 30.5. The van der Waals surface area contributed by atoms with Gasteiger partial charge in [0.15, 0.2) is 5.13 Å². The molecule has 2 fully saturated rings. The standard InChI is InChI=1S/C17H20N4O2S/c22-15-9-11(10-21(15)12-5-6-12)16(23)18-7-8-19-17-20-13-3-1-2-4-14(13)24-17/h1-4,11-12H,5-10H2,(H,18,23)(H,19,20)/t11-/m1/s1. The molecule has 24 heavy (non-hydrogen) atoms. The molecule has 1 aromatic carbocycles. The summed E-state index contributed by atoms with van der Waals surface area (Å²) in [5.74, 6) is -0.0802. The molecule has 126 valence electrons. The fourth-order valence-electron chi connectivity index (χ4n) is 3.09. The van der Waals surface area contributed by atoms with Crippen LogP contribution in [-0.2, 0) is 9.59 Å². The van der Waals surface area contributed by atoms with Crippen molar-refractivity contribution in [3.05, 3.63) is 24.3 Å². The third-order valence-electron chi connectivity index (χ3n) is 4.51. The van der Waals surface area contributed by atoms with Crippen molar-refractivity contribution in [3.8, 4) is 0 Å². The zero-order valence-electron chi connectivity index (χ0n) is 13.3. The first kappa shape index (κ1) is 15.4. The van der Waals surface area contributed by atoms with Gasteiger partial charge < -0.3 is 15.5 Å². The number of carbonyl (C=O) groups excluding carboxylic acids is 2. The van der Waals surface area contributed by atoms with Crippen LogP contribution in [0.2, 0.25) is 0 Å². The van der Waals surface area contributed by atoms with E-state index in [0.29, 0.717) is 32.1 Å². The Balaban J connectivity index is 1.22. The monoisotopic (exact) mass is 344 g/mol. The van der Waals surface area contributed by atoms with Crippen LogP contribution in [-0.4, -0.2) is 47.4 Å². The molecule has 0 spiro atoms. The molecule has 0 unspecified atom stereocenters. The highest BCUT2D eigenvalue weighted by Gasteiger charge is 2.41. The summed E-state index contributed by atoms with van der Waals surface area (Å²) in [6.45, 7) is 1.74. The number of likely N-dealkylation sites (tertiary alicyclic amines) is 1. The summed E-state index contributed by atoms with van der Waals surface area (Å²) in [7, 11) is 0. The molecule has 1 atom stereocenters. The van der Waals surface area contributed by atoms with E-state index in [2.05, 4.69) is 15.6 Å². The topological polar surface area (TPSA) is 74.3 Å². The Morgan fingerprint density at radius 2 is 2.12 bits per heavy atom. The van der Waals surface area contributed by atoms with Crippen molar-refractivity contribution in [2.24, 2.45) is 5.92 Å². The Morgan fingerprint density at radius 3 is 2.92 bits per heavy atom. The second-order valence-corrected chi connectivity index (χ2v) is 7.41. The Hall–Kier alpha value is -2.15. The highest BCUT2D eigenvalue weighted by Crippen LogP contribution is 2.32. The number of anilines is 1. The molecule has 2 amide bonds. The molecule has 2 aliphatic rings. The minimum Gasteiger partial charge on any atom is -0.360 e. The van der Waals surface area contributed by atoms with Gasteiger partial charge >= 0.3 is 0 Å². The van der Waals surface area contributed by atoms with Crippen molar-refractivity contribution in [3.63, 3.8) is 0 Å². The minimum atomic E-state index is -0.194. The average molecular weight is 344 g/mol. The van der Waals surface area contributed by atoms with Crippen molar-refractivity contribution in [1.29, 1.82) is 0 Å². The number of thiazole rings is 1. The van der Waals surface area contributed by atoms with Crippen LogP contribution in [0.1, 0.15) is 19.3 Å². The molecular weight excluding hydrogens is 324 g/mol. The van der Waals surface area contributed by atoms with Crippen LogP contribution in [0.15, 0.2) is 24.3 Å². The van der Waals surface area contributed by atoms with Gasteiger partial charge in [-0.05, 0) is 25.0 Å². The van der Waals surface area contributed by atoms with Crippen molar-refractivity contribution < 1.29 is 9.59 Å². The highest BCUT2D eigenvalue weighted by atomic mass is 32.1. The number of fused-ring (bicyclic) bond motifs is 1. The SMILES string of the molecule is O=C(NCCNc1nc2ccccc2s1)[C@@H]1CC(=O)N(C2CC2)C1. The summed E-state index contributed by atoms with van der Waals surface area (Å²) >= 11 is 1.61. The zero-order chi connectivity index (χ0) is 16.5. The van der Waals surface area contributed by atoms with Gasteiger partial charge in [0.05, 0.1) is 16.1 Å². The number of nitrogens with one attached hydrogen (secondary N) is 2. The summed E-state index contributed by atoms with van der Waals surface area (Å²) < 4.78 is 1.15. The van der Waals surface area contributed by atoms with Crippen LogP contribution in [0.5, 0.6) is 0 Å². The Bertz CT molecular complexity index is 738. The van der Waals surface area contributed by atoms with Crippen LogP contribution in [0.25, 0.3) is 10.2 Å². The number of para-hydroxylation sites is 1. The number of rotatable bonds is 6. The van der Waals surface area contributed by atoms with Gasteiger partial charge in [0, 0.05) is 32.1 Å². The number of hydrogen-bond acceptors (Lipinski definition) is 5. The van der Waals surface area contributed by atoms with Crippen molar-refractivity contribution in [2.75, 3.05) is 25.0 Å². The number of hydrogen-bond donors (Lipinski definition) is 2. The lowest BCUT2D eigenvalue weighted by Crippen LogP contribution is -2.35. The number of nitrogens with zero attached hydrogens (tertiary/aromatic N) is 2. The van der Waals surface area contributed by atoms with Gasteiger partial charge in [-0.2, -0.15) is 0 Å². The van der Waals surface area contributed by atoms with Crippen LogP contribution in [0.3, 0.4) is 0 Å². The van der Waals surface area contributed by atoms with E-state index in [9.17, 15) is 9.59 Å². The maximum Gasteiger partial charge on any atom is 0.225 e. The lowest BCUT2D eigenvalue weighted by molar-refractivity contribution is -0.129. The van der Waals surface area contributed by atoms with E-state index in [1.165, 1.54) is 0 Å². The molecule has 0 radical (unpaired) electrons. The van der Waals surface area contributed by atoms with E-state index in [1.54, 1.807) is 11.3 Å². The van der Waals surface area contributed by atoms with E-state index in [4.69, 9.17) is 0 Å². The third kappa shape index (κ3) is 3.21. The Morgan fingerprint density at radius 1 is 1.29 bits per heavy atom. The second kappa shape index (κ2) is 6.39. The largest absolute Gasteiger partial charge is 0.360 e. The third-order valence-corrected chi connectivity index (χ3v) is 5.51. The smallest absolute Gasteiger partial charge is 0.225 e. The minimum absolute atomic E-state index is 0.0161. The second-order valence-electron chi connectivity index (χ2n) is 6.38. The quantitative estimate of drug-likeness (QED) is 0.784. The maximum absolute atomic E-state index is 12.2. The molecule has 2 heterocycles. The van der Waals surface area contributed by atoms with E-state index >= 15 is 0 Å². The lowest BCUT2D eigenvalue weighted by atomic mass is 10.1. The van der Waals surface area contributed by atoms with E-state index in [0.717, 1.165) is 28.2 Å². The molecule has 7 heteroatoms. The maximum atomic E-state index is 12.2. The fourth-order valence-corrected chi connectivity index (χ4v) is 3.99. The zero-order valence-corrected chi connectivity index (χ0v) is 14.1. The van der Waals surface area contributed by atoms with Gasteiger partial charge in [-0.25, -0.2) is 4.98 Å². The van der Waals surface area contributed by atoms with Crippen molar-refractivity contribution in [2.45, 2.75) is 25.3 Å². The van der Waals surface area contributed by atoms with E-state index in [1.807, 2.05) is 29.2 Å². The summed E-state index contributed by atoms with van der Waals surface area (Å²) in [5, 5.41) is 7.03. The Labute approximate surface area is 144 Å². The fraction of sp³-hybridized carbons (Fsp3) is 0.471. The van der Waals surface area contributed by atoms with Gasteiger partial charge in [-0.1, -0.05) is 23.5 Å². The summed E-state index contributed by atoms with van der Waals surface area (Å²) in [6, 6.07) is 8.40. The van der Waals surface area contributed by atoms with Gasteiger partial charge in [0.2, 0.25) is 11.8 Å². The van der Waals surface area contributed by atoms with Crippen LogP contribution in [0.4, 0.5) is 5.13 Å². The molecule has 0 bridgehead atoms. The molecule has 1 aromatic heterocycles. The molecular formula is C17H20N4O2S. The average Bonchev–Trinajstić information content (AvgIpc) is 3.22. The molecule has 4 rings (SSSR count). The summed E-state index contributed by atoms with van der Waals surface area (Å²) in [5.41, 5.74) is 0.985. The van der Waals surface area contributed by atoms with Crippen LogP contribution >= 0.6 is 11.3 Å².